The first kappa shape index (κ1) is 16.3. The van der Waals surface area contributed by atoms with Crippen LogP contribution in [0, 0.1) is 0 Å². The highest BCUT2D eigenvalue weighted by Crippen LogP contribution is 2.25. The zero-order valence-electron chi connectivity index (χ0n) is 13.2. The average Bonchev–Trinajstić information content (AvgIpc) is 2.59. The Hall–Kier alpha value is -2.60. The normalized spacial score (nSPS) is 17.7. The van der Waals surface area contributed by atoms with Gasteiger partial charge in [-0.15, -0.1) is 0 Å². The summed E-state index contributed by atoms with van der Waals surface area (Å²) in [6.07, 6.45) is -0.564. The lowest BCUT2D eigenvalue weighted by molar-refractivity contribution is -0.148. The van der Waals surface area contributed by atoms with E-state index in [0.717, 1.165) is 10.8 Å². The predicted molar refractivity (Wildman–Crippen MR) is 88.0 cm³/mol. The van der Waals surface area contributed by atoms with Crippen LogP contribution in [0.1, 0.15) is 6.42 Å². The number of amides is 1. The van der Waals surface area contributed by atoms with Crippen molar-refractivity contribution in [3.05, 3.63) is 42.5 Å². The fourth-order valence-corrected chi connectivity index (χ4v) is 2.82. The fourth-order valence-electron chi connectivity index (χ4n) is 2.82. The maximum Gasteiger partial charge on any atom is 0.306 e. The zero-order valence-corrected chi connectivity index (χ0v) is 13.2. The monoisotopic (exact) mass is 329 g/mol. The molecule has 1 fully saturated rings. The summed E-state index contributed by atoms with van der Waals surface area (Å²) in [6, 6.07) is 13.5. The lowest BCUT2D eigenvalue weighted by Gasteiger charge is -2.32. The fraction of sp³-hybridized carbons (Fsp3) is 0.333. The van der Waals surface area contributed by atoms with Gasteiger partial charge in [-0.2, -0.15) is 0 Å². The summed E-state index contributed by atoms with van der Waals surface area (Å²) in [5.41, 5.74) is 0. The molecule has 0 saturated carbocycles. The average molecular weight is 329 g/mol. The Kier molecular flexibility index (Phi) is 4.96. The number of carbonyl (C=O) groups is 2. The van der Waals surface area contributed by atoms with Gasteiger partial charge < -0.3 is 19.5 Å². The molecule has 1 saturated heterocycles. The van der Waals surface area contributed by atoms with Crippen LogP contribution >= 0.6 is 0 Å². The molecule has 1 aliphatic rings. The van der Waals surface area contributed by atoms with Crippen molar-refractivity contribution in [3.63, 3.8) is 0 Å². The van der Waals surface area contributed by atoms with Gasteiger partial charge in [0.2, 0.25) is 0 Å². The Bertz CT molecular complexity index is 740. The van der Waals surface area contributed by atoms with Crippen molar-refractivity contribution >= 4 is 22.6 Å². The molecule has 0 spiro atoms. The second-order valence-corrected chi connectivity index (χ2v) is 5.70. The van der Waals surface area contributed by atoms with E-state index < -0.39 is 12.1 Å². The Morgan fingerprint density at radius 2 is 2.00 bits per heavy atom. The second kappa shape index (κ2) is 7.31. The summed E-state index contributed by atoms with van der Waals surface area (Å²) in [7, 11) is 0. The minimum atomic E-state index is -0.929. The molecule has 24 heavy (non-hydrogen) atoms. The highest BCUT2D eigenvalue weighted by molar-refractivity contribution is 5.88. The van der Waals surface area contributed by atoms with Gasteiger partial charge in [0.1, 0.15) is 5.75 Å². The van der Waals surface area contributed by atoms with E-state index in [9.17, 15) is 9.59 Å². The van der Waals surface area contributed by atoms with Crippen LogP contribution in [0.15, 0.2) is 42.5 Å². The van der Waals surface area contributed by atoms with Crippen LogP contribution in [0.3, 0.4) is 0 Å². The summed E-state index contributed by atoms with van der Waals surface area (Å²) < 4.78 is 11.1. The maximum atomic E-state index is 12.3. The number of hydrogen-bond acceptors (Lipinski definition) is 4. The van der Waals surface area contributed by atoms with Crippen LogP contribution in [-0.4, -0.2) is 54.3 Å². The van der Waals surface area contributed by atoms with Gasteiger partial charge >= 0.3 is 5.97 Å². The molecule has 2 aromatic rings. The molecule has 6 heteroatoms. The minimum Gasteiger partial charge on any atom is -0.483 e. The molecule has 1 unspecified atom stereocenters. The molecule has 1 N–H and O–H groups in total. The lowest BCUT2D eigenvalue weighted by Crippen LogP contribution is -2.47. The molecule has 1 heterocycles. The summed E-state index contributed by atoms with van der Waals surface area (Å²) in [4.78, 5) is 24.7. The van der Waals surface area contributed by atoms with E-state index in [1.807, 2.05) is 42.5 Å². The molecule has 3 rings (SSSR count). The molecule has 0 aromatic heterocycles. The molecular formula is C18H19NO5. The number of benzene rings is 2. The first-order valence-corrected chi connectivity index (χ1v) is 7.85. The van der Waals surface area contributed by atoms with E-state index in [-0.39, 0.29) is 25.5 Å². The van der Waals surface area contributed by atoms with Crippen LogP contribution in [0.5, 0.6) is 5.75 Å². The van der Waals surface area contributed by atoms with E-state index in [2.05, 4.69) is 0 Å². The predicted octanol–water partition coefficient (Wildman–Crippen LogP) is 1.92. The van der Waals surface area contributed by atoms with Gasteiger partial charge in [0.15, 0.2) is 6.61 Å². The number of ether oxygens (including phenoxy) is 2. The molecule has 2 aromatic carbocycles. The Morgan fingerprint density at radius 3 is 2.83 bits per heavy atom. The molecule has 1 aliphatic heterocycles. The standard InChI is InChI=1S/C18H19NO5/c20-17(19-8-9-23-14(11-19)10-18(21)22)12-24-16-7-3-5-13-4-1-2-6-15(13)16/h1-7,14H,8-12H2,(H,21,22). The zero-order chi connectivity index (χ0) is 16.9. The molecule has 126 valence electrons. The third-order valence-electron chi connectivity index (χ3n) is 3.99. The third-order valence-corrected chi connectivity index (χ3v) is 3.99. The topological polar surface area (TPSA) is 76.1 Å². The second-order valence-electron chi connectivity index (χ2n) is 5.70. The first-order valence-electron chi connectivity index (χ1n) is 7.85. The molecule has 0 bridgehead atoms. The number of morpholine rings is 1. The maximum absolute atomic E-state index is 12.3. The molecule has 1 amide bonds. The van der Waals surface area contributed by atoms with Crippen molar-refractivity contribution < 1.29 is 24.2 Å². The summed E-state index contributed by atoms with van der Waals surface area (Å²) in [5.74, 6) is -0.431. The Labute approximate surface area is 139 Å². The van der Waals surface area contributed by atoms with Crippen LogP contribution in [0.4, 0.5) is 0 Å². The van der Waals surface area contributed by atoms with Crippen molar-refractivity contribution in [2.45, 2.75) is 12.5 Å². The molecule has 0 radical (unpaired) electrons. The number of carboxylic acid groups (broad SMARTS) is 1. The number of aliphatic carboxylic acids is 1. The van der Waals surface area contributed by atoms with Gasteiger partial charge in [0.25, 0.3) is 5.91 Å². The van der Waals surface area contributed by atoms with E-state index in [0.29, 0.717) is 18.9 Å². The molecule has 1 atom stereocenters. The summed E-state index contributed by atoms with van der Waals surface area (Å²) in [5, 5.41) is 10.8. The highest BCUT2D eigenvalue weighted by atomic mass is 16.5. The SMILES string of the molecule is O=C(O)CC1CN(C(=O)COc2cccc3ccccc23)CCO1. The van der Waals surface area contributed by atoms with Crippen LogP contribution in [0.2, 0.25) is 0 Å². The van der Waals surface area contributed by atoms with Gasteiger partial charge in [-0.3, -0.25) is 9.59 Å². The molecule has 6 nitrogen and oxygen atoms in total. The summed E-state index contributed by atoms with van der Waals surface area (Å²) >= 11 is 0. The van der Waals surface area contributed by atoms with Crippen LogP contribution < -0.4 is 4.74 Å². The van der Waals surface area contributed by atoms with Crippen LogP contribution in [0.25, 0.3) is 10.8 Å². The smallest absolute Gasteiger partial charge is 0.306 e. The number of rotatable bonds is 5. The number of carbonyl (C=O) groups excluding carboxylic acids is 1. The van der Waals surface area contributed by atoms with E-state index in [1.54, 1.807) is 4.90 Å². The Morgan fingerprint density at radius 1 is 1.21 bits per heavy atom. The van der Waals surface area contributed by atoms with Gasteiger partial charge in [0.05, 0.1) is 19.1 Å². The largest absolute Gasteiger partial charge is 0.483 e. The quantitative estimate of drug-likeness (QED) is 0.907. The first-order chi connectivity index (χ1) is 11.6. The van der Waals surface area contributed by atoms with Crippen molar-refractivity contribution in [1.29, 1.82) is 0 Å². The van der Waals surface area contributed by atoms with Crippen LogP contribution in [-0.2, 0) is 14.3 Å². The van der Waals surface area contributed by atoms with Crippen molar-refractivity contribution in [3.8, 4) is 5.75 Å². The highest BCUT2D eigenvalue weighted by Gasteiger charge is 2.26. The van der Waals surface area contributed by atoms with Gasteiger partial charge in [-0.25, -0.2) is 0 Å². The number of nitrogens with zero attached hydrogens (tertiary/aromatic N) is 1. The number of carboxylic acids is 1. The molecule has 0 aliphatic carbocycles. The number of hydrogen-bond donors (Lipinski definition) is 1. The minimum absolute atomic E-state index is 0.0756. The van der Waals surface area contributed by atoms with E-state index in [1.165, 1.54) is 0 Å². The van der Waals surface area contributed by atoms with E-state index in [4.69, 9.17) is 14.6 Å². The van der Waals surface area contributed by atoms with Gasteiger partial charge in [-0.05, 0) is 11.5 Å². The van der Waals surface area contributed by atoms with Crippen molar-refractivity contribution in [1.82, 2.24) is 4.90 Å². The Balaban J connectivity index is 1.61. The van der Waals surface area contributed by atoms with Crippen molar-refractivity contribution in [2.75, 3.05) is 26.3 Å². The number of fused-ring (bicyclic) bond motifs is 1. The van der Waals surface area contributed by atoms with Crippen molar-refractivity contribution in [2.24, 2.45) is 0 Å². The van der Waals surface area contributed by atoms with E-state index >= 15 is 0 Å². The lowest BCUT2D eigenvalue weighted by atomic mass is 10.1. The summed E-state index contributed by atoms with van der Waals surface area (Å²) in [6.45, 7) is 1.00. The van der Waals surface area contributed by atoms with Gasteiger partial charge in [-0.1, -0.05) is 36.4 Å². The molecular weight excluding hydrogens is 310 g/mol. The van der Waals surface area contributed by atoms with Gasteiger partial charge in [0, 0.05) is 18.5 Å². The third kappa shape index (κ3) is 3.83.